The molecule has 1 aromatic heterocycles. The molecule has 0 saturated carbocycles. The van der Waals surface area contributed by atoms with E-state index < -0.39 is 0 Å². The number of rotatable bonds is 3. The van der Waals surface area contributed by atoms with Crippen molar-refractivity contribution in [2.75, 3.05) is 11.9 Å². The number of aromatic nitrogens is 2. The number of fused-ring (bicyclic) bond motifs is 1. The molecule has 2 N–H and O–H groups in total. The van der Waals surface area contributed by atoms with Gasteiger partial charge in [-0.15, -0.1) is 0 Å². The van der Waals surface area contributed by atoms with E-state index in [9.17, 15) is 0 Å². The number of hydrogen-bond acceptors (Lipinski definition) is 3. The third kappa shape index (κ3) is 1.91. The molecule has 0 saturated heterocycles. The van der Waals surface area contributed by atoms with E-state index in [0.29, 0.717) is 10.7 Å². The number of aromatic amines is 1. The van der Waals surface area contributed by atoms with Gasteiger partial charge in [0.1, 0.15) is 5.82 Å². The van der Waals surface area contributed by atoms with Crippen LogP contribution in [0.2, 0.25) is 0 Å². The molecular formula is C11H17N3S. The van der Waals surface area contributed by atoms with Crippen LogP contribution in [0.1, 0.15) is 43.9 Å². The van der Waals surface area contributed by atoms with Crippen molar-refractivity contribution in [3.63, 3.8) is 0 Å². The van der Waals surface area contributed by atoms with E-state index in [1.54, 1.807) is 0 Å². The molecule has 0 fully saturated rings. The van der Waals surface area contributed by atoms with Gasteiger partial charge in [0.15, 0.2) is 4.77 Å². The van der Waals surface area contributed by atoms with Crippen LogP contribution in [-0.2, 0) is 6.42 Å². The summed E-state index contributed by atoms with van der Waals surface area (Å²) < 4.78 is 0.602. The summed E-state index contributed by atoms with van der Waals surface area (Å²) in [4.78, 5) is 7.59. The predicted molar refractivity (Wildman–Crippen MR) is 64.9 cm³/mol. The lowest BCUT2D eigenvalue weighted by Gasteiger charge is -2.15. The van der Waals surface area contributed by atoms with Crippen LogP contribution in [0.4, 0.5) is 5.82 Å². The highest BCUT2D eigenvalue weighted by Crippen LogP contribution is 2.30. The maximum atomic E-state index is 5.15. The molecule has 2 heterocycles. The maximum absolute atomic E-state index is 5.15. The first-order chi connectivity index (χ1) is 7.26. The zero-order valence-corrected chi connectivity index (χ0v) is 10.1. The van der Waals surface area contributed by atoms with Crippen molar-refractivity contribution in [1.29, 1.82) is 0 Å². The fourth-order valence-electron chi connectivity index (χ4n) is 2.27. The van der Waals surface area contributed by atoms with Gasteiger partial charge in [0.2, 0.25) is 0 Å². The average molecular weight is 223 g/mol. The van der Waals surface area contributed by atoms with Gasteiger partial charge in [-0.05, 0) is 37.4 Å². The highest BCUT2D eigenvalue weighted by Gasteiger charge is 2.20. The Labute approximate surface area is 95.3 Å². The van der Waals surface area contributed by atoms with Crippen LogP contribution < -0.4 is 5.32 Å². The molecule has 3 nitrogen and oxygen atoms in total. The van der Waals surface area contributed by atoms with Crippen molar-refractivity contribution in [1.82, 2.24) is 9.97 Å². The second-order valence-electron chi connectivity index (χ2n) is 3.97. The van der Waals surface area contributed by atoms with Gasteiger partial charge >= 0.3 is 0 Å². The fourth-order valence-corrected chi connectivity index (χ4v) is 2.47. The van der Waals surface area contributed by atoms with Gasteiger partial charge in [-0.2, -0.15) is 0 Å². The van der Waals surface area contributed by atoms with Gasteiger partial charge < -0.3 is 10.3 Å². The normalized spacial score (nSPS) is 14.1. The topological polar surface area (TPSA) is 40.7 Å². The monoisotopic (exact) mass is 223 g/mol. The van der Waals surface area contributed by atoms with E-state index in [2.05, 4.69) is 29.1 Å². The molecule has 0 atom stereocenters. The molecule has 0 bridgehead atoms. The minimum absolute atomic E-state index is 0.586. The van der Waals surface area contributed by atoms with Crippen LogP contribution in [-0.4, -0.2) is 16.5 Å². The van der Waals surface area contributed by atoms with E-state index in [0.717, 1.165) is 31.6 Å². The Morgan fingerprint density at radius 1 is 1.40 bits per heavy atom. The first-order valence-electron chi connectivity index (χ1n) is 5.63. The lowest BCUT2D eigenvalue weighted by molar-refractivity contribution is 0.614. The smallest absolute Gasteiger partial charge is 0.198 e. The number of nitrogens with zero attached hydrogens (tertiary/aromatic N) is 1. The van der Waals surface area contributed by atoms with Gasteiger partial charge in [0, 0.05) is 17.8 Å². The molecule has 0 unspecified atom stereocenters. The van der Waals surface area contributed by atoms with E-state index in [-0.39, 0.29) is 0 Å². The van der Waals surface area contributed by atoms with Crippen LogP contribution in [0, 0.1) is 4.77 Å². The van der Waals surface area contributed by atoms with E-state index in [1.165, 1.54) is 11.3 Å². The number of nitrogens with one attached hydrogen (secondary N) is 2. The summed E-state index contributed by atoms with van der Waals surface area (Å²) in [6.07, 6.45) is 3.37. The quantitative estimate of drug-likeness (QED) is 0.774. The van der Waals surface area contributed by atoms with Crippen LogP contribution >= 0.6 is 12.2 Å². The summed E-state index contributed by atoms with van der Waals surface area (Å²) >= 11 is 5.15. The van der Waals surface area contributed by atoms with Gasteiger partial charge in [-0.25, -0.2) is 4.98 Å². The molecule has 0 aliphatic carbocycles. The largest absolute Gasteiger partial charge is 0.369 e. The van der Waals surface area contributed by atoms with Crippen molar-refractivity contribution < 1.29 is 0 Å². The first kappa shape index (κ1) is 10.6. The Kier molecular flexibility index (Phi) is 3.05. The van der Waals surface area contributed by atoms with E-state index in [4.69, 9.17) is 12.2 Å². The lowest BCUT2D eigenvalue weighted by atomic mass is 9.95. The van der Waals surface area contributed by atoms with E-state index >= 15 is 0 Å². The summed E-state index contributed by atoms with van der Waals surface area (Å²) in [5.74, 6) is 1.59. The summed E-state index contributed by atoms with van der Waals surface area (Å²) in [5, 5.41) is 3.29. The standard InChI is InChI=1S/C11H17N3S/c1-3-7(4-2)9-8-5-6-12-10(8)14-11(15)13-9/h7H,3-6H2,1-2H3,(H2,12,13,14,15). The van der Waals surface area contributed by atoms with Crippen molar-refractivity contribution >= 4 is 18.0 Å². The number of hydrogen-bond donors (Lipinski definition) is 2. The lowest BCUT2D eigenvalue weighted by Crippen LogP contribution is -2.05. The molecule has 15 heavy (non-hydrogen) atoms. The molecule has 1 aromatic rings. The van der Waals surface area contributed by atoms with Crippen molar-refractivity contribution in [2.45, 2.75) is 39.0 Å². The third-order valence-corrected chi connectivity index (χ3v) is 3.32. The van der Waals surface area contributed by atoms with Gasteiger partial charge in [0.05, 0.1) is 0 Å². The second-order valence-corrected chi connectivity index (χ2v) is 4.36. The molecule has 0 aromatic carbocycles. The van der Waals surface area contributed by atoms with Crippen LogP contribution in [0.25, 0.3) is 0 Å². The predicted octanol–water partition coefficient (Wildman–Crippen LogP) is 3.01. The zero-order valence-electron chi connectivity index (χ0n) is 9.26. The fraction of sp³-hybridized carbons (Fsp3) is 0.636. The Bertz CT molecular complexity index is 407. The SMILES string of the molecule is CCC(CC)c1[nH]c(=S)nc2c1CCN2. The zero-order chi connectivity index (χ0) is 10.8. The van der Waals surface area contributed by atoms with Gasteiger partial charge in [-0.3, -0.25) is 0 Å². The second kappa shape index (κ2) is 4.31. The number of anilines is 1. The average Bonchev–Trinajstić information content (AvgIpc) is 2.67. The van der Waals surface area contributed by atoms with Gasteiger partial charge in [0.25, 0.3) is 0 Å². The minimum Gasteiger partial charge on any atom is -0.369 e. The molecule has 0 radical (unpaired) electrons. The Balaban J connectivity index is 2.50. The van der Waals surface area contributed by atoms with Gasteiger partial charge in [-0.1, -0.05) is 13.8 Å². The Hall–Kier alpha value is -0.900. The molecule has 1 aliphatic heterocycles. The molecule has 0 amide bonds. The van der Waals surface area contributed by atoms with Crippen molar-refractivity contribution in [3.8, 4) is 0 Å². The molecule has 2 rings (SSSR count). The molecule has 0 spiro atoms. The van der Waals surface area contributed by atoms with E-state index in [1.807, 2.05) is 0 Å². The summed E-state index contributed by atoms with van der Waals surface area (Å²) in [6.45, 7) is 5.43. The van der Waals surface area contributed by atoms with Crippen molar-refractivity contribution in [2.24, 2.45) is 0 Å². The summed E-state index contributed by atoms with van der Waals surface area (Å²) in [6, 6.07) is 0. The third-order valence-electron chi connectivity index (χ3n) is 3.13. The summed E-state index contributed by atoms with van der Waals surface area (Å²) in [7, 11) is 0. The highest BCUT2D eigenvalue weighted by molar-refractivity contribution is 7.71. The first-order valence-corrected chi connectivity index (χ1v) is 6.04. The minimum atomic E-state index is 0.586. The van der Waals surface area contributed by atoms with Crippen LogP contribution in [0.5, 0.6) is 0 Å². The Morgan fingerprint density at radius 3 is 2.80 bits per heavy atom. The van der Waals surface area contributed by atoms with Crippen LogP contribution in [0.3, 0.4) is 0 Å². The molecule has 1 aliphatic rings. The highest BCUT2D eigenvalue weighted by atomic mass is 32.1. The summed E-state index contributed by atoms with van der Waals surface area (Å²) in [5.41, 5.74) is 2.65. The molecular weight excluding hydrogens is 206 g/mol. The van der Waals surface area contributed by atoms with Crippen molar-refractivity contribution in [3.05, 3.63) is 16.0 Å². The van der Waals surface area contributed by atoms with Crippen LogP contribution in [0.15, 0.2) is 0 Å². The Morgan fingerprint density at radius 2 is 2.13 bits per heavy atom. The maximum Gasteiger partial charge on any atom is 0.198 e. The molecule has 82 valence electrons. The number of H-pyrrole nitrogens is 1. The molecule has 4 heteroatoms.